The largest absolute Gasteiger partial charge is 0.300 e. The van der Waals surface area contributed by atoms with Crippen LogP contribution in [0.2, 0.25) is 0 Å². The highest BCUT2D eigenvalue weighted by Crippen LogP contribution is 2.11. The van der Waals surface area contributed by atoms with E-state index in [9.17, 15) is 13.2 Å². The van der Waals surface area contributed by atoms with Crippen molar-refractivity contribution in [3.8, 4) is 0 Å². The number of nitrogens with one attached hydrogen (secondary N) is 1. The fraction of sp³-hybridized carbons (Fsp3) is 0.533. The zero-order chi connectivity index (χ0) is 15.2. The molecule has 1 N–H and O–H groups in total. The summed E-state index contributed by atoms with van der Waals surface area (Å²) in [6.07, 6.45) is 2.59. The summed E-state index contributed by atoms with van der Waals surface area (Å²) < 4.78 is 26.8. The number of aryl methyl sites for hydroxylation is 1. The summed E-state index contributed by atoms with van der Waals surface area (Å²) in [5.41, 5.74) is 1.01. The third kappa shape index (κ3) is 5.43. The number of ketones is 1. The van der Waals surface area contributed by atoms with E-state index >= 15 is 0 Å². The lowest BCUT2D eigenvalue weighted by molar-refractivity contribution is -0.119. The first-order chi connectivity index (χ1) is 9.35. The molecule has 112 valence electrons. The number of carbonyl (C=O) groups excluding carboxylic acids is 1. The van der Waals surface area contributed by atoms with Crippen LogP contribution in [0.1, 0.15) is 45.1 Å². The van der Waals surface area contributed by atoms with E-state index in [1.165, 1.54) is 0 Å². The van der Waals surface area contributed by atoms with Gasteiger partial charge >= 0.3 is 0 Å². The molecule has 0 aromatic heterocycles. The Bertz CT molecular complexity index is 535. The Hall–Kier alpha value is -1.20. The van der Waals surface area contributed by atoms with Crippen LogP contribution in [0.25, 0.3) is 0 Å². The predicted molar refractivity (Wildman–Crippen MR) is 80.1 cm³/mol. The maximum absolute atomic E-state index is 12.1. The first-order valence-electron chi connectivity index (χ1n) is 6.96. The lowest BCUT2D eigenvalue weighted by atomic mass is 10.1. The standard InChI is InChI=1S/C15H23NO3S/c1-4-5-6-14(17)11-13(3)16-20(18,19)15-9-7-12(2)8-10-15/h7-10,13,16H,4-6,11H2,1-3H3. The monoisotopic (exact) mass is 297 g/mol. The molecule has 1 atom stereocenters. The van der Waals surface area contributed by atoms with Gasteiger partial charge < -0.3 is 0 Å². The lowest BCUT2D eigenvalue weighted by Crippen LogP contribution is -2.34. The fourth-order valence-corrected chi connectivity index (χ4v) is 3.15. The van der Waals surface area contributed by atoms with Gasteiger partial charge in [-0.25, -0.2) is 13.1 Å². The van der Waals surface area contributed by atoms with E-state index in [1.807, 2.05) is 13.8 Å². The molecule has 0 amide bonds. The Morgan fingerprint density at radius 1 is 1.25 bits per heavy atom. The molecule has 1 rings (SSSR count). The molecule has 1 unspecified atom stereocenters. The molecule has 0 fully saturated rings. The van der Waals surface area contributed by atoms with E-state index in [2.05, 4.69) is 4.72 Å². The maximum Gasteiger partial charge on any atom is 0.240 e. The minimum Gasteiger partial charge on any atom is -0.300 e. The summed E-state index contributed by atoms with van der Waals surface area (Å²) in [6.45, 7) is 5.64. The number of sulfonamides is 1. The highest BCUT2D eigenvalue weighted by molar-refractivity contribution is 7.89. The van der Waals surface area contributed by atoms with Gasteiger partial charge in [0.2, 0.25) is 10.0 Å². The van der Waals surface area contributed by atoms with Crippen molar-refractivity contribution in [3.05, 3.63) is 29.8 Å². The summed E-state index contributed by atoms with van der Waals surface area (Å²) in [5.74, 6) is 0.103. The number of Topliss-reactive ketones (excluding diaryl/α,β-unsaturated/α-hetero) is 1. The van der Waals surface area contributed by atoms with Crippen LogP contribution >= 0.6 is 0 Å². The smallest absolute Gasteiger partial charge is 0.240 e. The molecule has 4 nitrogen and oxygen atoms in total. The van der Waals surface area contributed by atoms with E-state index in [0.717, 1.165) is 18.4 Å². The van der Waals surface area contributed by atoms with Crippen LogP contribution in [0.4, 0.5) is 0 Å². The van der Waals surface area contributed by atoms with Gasteiger partial charge in [0.05, 0.1) is 4.90 Å². The average molecular weight is 297 g/mol. The SMILES string of the molecule is CCCCC(=O)CC(C)NS(=O)(=O)c1ccc(C)cc1. The number of hydrogen-bond donors (Lipinski definition) is 1. The first-order valence-corrected chi connectivity index (χ1v) is 8.44. The van der Waals surface area contributed by atoms with Crippen LogP contribution in [-0.2, 0) is 14.8 Å². The van der Waals surface area contributed by atoms with E-state index in [1.54, 1.807) is 31.2 Å². The van der Waals surface area contributed by atoms with Crippen LogP contribution in [0, 0.1) is 6.92 Å². The summed E-state index contributed by atoms with van der Waals surface area (Å²) in [6, 6.07) is 6.27. The van der Waals surface area contributed by atoms with Gasteiger partial charge in [-0.15, -0.1) is 0 Å². The number of hydrogen-bond acceptors (Lipinski definition) is 3. The second kappa shape index (κ2) is 7.55. The van der Waals surface area contributed by atoms with E-state index in [-0.39, 0.29) is 23.1 Å². The normalized spacial score (nSPS) is 13.2. The molecule has 0 saturated heterocycles. The third-order valence-corrected chi connectivity index (χ3v) is 4.64. The van der Waals surface area contributed by atoms with Crippen molar-refractivity contribution in [3.63, 3.8) is 0 Å². The summed E-state index contributed by atoms with van der Waals surface area (Å²) in [5, 5.41) is 0. The highest BCUT2D eigenvalue weighted by atomic mass is 32.2. The van der Waals surface area contributed by atoms with Gasteiger partial charge in [-0.3, -0.25) is 4.79 Å². The molecule has 5 heteroatoms. The Kier molecular flexibility index (Phi) is 6.36. The number of benzene rings is 1. The minimum absolute atomic E-state index is 0.103. The molecule has 0 heterocycles. The molecule has 0 aliphatic heterocycles. The fourth-order valence-electron chi connectivity index (χ4n) is 1.91. The third-order valence-electron chi connectivity index (χ3n) is 3.03. The van der Waals surface area contributed by atoms with E-state index in [0.29, 0.717) is 6.42 Å². The summed E-state index contributed by atoms with van der Waals surface area (Å²) in [4.78, 5) is 11.9. The van der Waals surface area contributed by atoms with Crippen molar-refractivity contribution in [1.82, 2.24) is 4.72 Å². The molecular weight excluding hydrogens is 274 g/mol. The van der Waals surface area contributed by atoms with Gasteiger partial charge in [-0.2, -0.15) is 0 Å². The molecule has 0 aliphatic rings. The van der Waals surface area contributed by atoms with Crippen molar-refractivity contribution in [2.75, 3.05) is 0 Å². The molecule has 20 heavy (non-hydrogen) atoms. The molecule has 0 bridgehead atoms. The lowest BCUT2D eigenvalue weighted by Gasteiger charge is -2.13. The van der Waals surface area contributed by atoms with Gasteiger partial charge in [0.15, 0.2) is 0 Å². The van der Waals surface area contributed by atoms with Crippen molar-refractivity contribution in [2.24, 2.45) is 0 Å². The predicted octanol–water partition coefficient (Wildman–Crippen LogP) is 2.81. The second-order valence-electron chi connectivity index (χ2n) is 5.18. The number of unbranched alkanes of at least 4 members (excludes halogenated alkanes) is 1. The Balaban J connectivity index is 2.62. The minimum atomic E-state index is -3.54. The van der Waals surface area contributed by atoms with Crippen LogP contribution < -0.4 is 4.72 Å². The Labute approximate surface area is 121 Å². The molecule has 0 radical (unpaired) electrons. The van der Waals surface area contributed by atoms with Gasteiger partial charge in [-0.05, 0) is 32.4 Å². The Morgan fingerprint density at radius 3 is 2.40 bits per heavy atom. The van der Waals surface area contributed by atoms with E-state index < -0.39 is 10.0 Å². The van der Waals surface area contributed by atoms with Gasteiger partial charge in [0.1, 0.15) is 5.78 Å². The first kappa shape index (κ1) is 16.9. The van der Waals surface area contributed by atoms with Crippen molar-refractivity contribution < 1.29 is 13.2 Å². The van der Waals surface area contributed by atoms with Crippen LogP contribution in [0.5, 0.6) is 0 Å². The summed E-state index contributed by atoms with van der Waals surface area (Å²) in [7, 11) is -3.54. The summed E-state index contributed by atoms with van der Waals surface area (Å²) >= 11 is 0. The Morgan fingerprint density at radius 2 is 1.85 bits per heavy atom. The zero-order valence-corrected chi connectivity index (χ0v) is 13.2. The maximum atomic E-state index is 12.1. The number of rotatable bonds is 8. The molecule has 0 spiro atoms. The van der Waals surface area contributed by atoms with Gasteiger partial charge in [0, 0.05) is 18.9 Å². The van der Waals surface area contributed by atoms with Crippen molar-refractivity contribution in [2.45, 2.75) is 57.4 Å². The quantitative estimate of drug-likeness (QED) is 0.802. The van der Waals surface area contributed by atoms with Crippen LogP contribution in [0.15, 0.2) is 29.2 Å². The molecule has 0 aliphatic carbocycles. The van der Waals surface area contributed by atoms with E-state index in [4.69, 9.17) is 0 Å². The molecule has 1 aromatic carbocycles. The zero-order valence-electron chi connectivity index (χ0n) is 12.3. The molecular formula is C15H23NO3S. The van der Waals surface area contributed by atoms with Gasteiger partial charge in [0.25, 0.3) is 0 Å². The number of carbonyl (C=O) groups is 1. The topological polar surface area (TPSA) is 63.2 Å². The van der Waals surface area contributed by atoms with Crippen LogP contribution in [0.3, 0.4) is 0 Å². The average Bonchev–Trinajstić information content (AvgIpc) is 2.36. The van der Waals surface area contributed by atoms with Gasteiger partial charge in [-0.1, -0.05) is 31.0 Å². The second-order valence-corrected chi connectivity index (χ2v) is 6.90. The van der Waals surface area contributed by atoms with Crippen LogP contribution in [-0.4, -0.2) is 20.2 Å². The van der Waals surface area contributed by atoms with Crippen molar-refractivity contribution >= 4 is 15.8 Å². The molecule has 1 aromatic rings. The van der Waals surface area contributed by atoms with Crippen molar-refractivity contribution in [1.29, 1.82) is 0 Å². The highest BCUT2D eigenvalue weighted by Gasteiger charge is 2.18. The molecule has 0 saturated carbocycles.